The monoisotopic (exact) mass is 215 g/mol. The molecule has 0 aromatic carbocycles. The van der Waals surface area contributed by atoms with Crippen molar-refractivity contribution in [3.63, 3.8) is 0 Å². The van der Waals surface area contributed by atoms with Gasteiger partial charge in [0.05, 0.1) is 6.61 Å². The van der Waals surface area contributed by atoms with E-state index in [-0.39, 0.29) is 12.6 Å². The lowest BCUT2D eigenvalue weighted by Gasteiger charge is -2.14. The molecule has 0 radical (unpaired) electrons. The molecule has 0 aromatic rings. The van der Waals surface area contributed by atoms with Crippen LogP contribution < -0.4 is 0 Å². The topological polar surface area (TPSA) is 49.8 Å². The zero-order valence-corrected chi connectivity index (χ0v) is 9.45. The Bertz CT molecular complexity index is 196. The van der Waals surface area contributed by atoms with Crippen LogP contribution in [0.4, 0.5) is 0 Å². The van der Waals surface area contributed by atoms with Gasteiger partial charge >= 0.3 is 5.97 Å². The van der Waals surface area contributed by atoms with Gasteiger partial charge in [-0.25, -0.2) is 0 Å². The average Bonchev–Trinajstić information content (AvgIpc) is 2.66. The van der Waals surface area contributed by atoms with Gasteiger partial charge in [-0.05, 0) is 38.8 Å². The van der Waals surface area contributed by atoms with E-state index in [1.807, 2.05) is 6.92 Å². The molecule has 1 heterocycles. The molecule has 1 unspecified atom stereocenters. The van der Waals surface area contributed by atoms with Gasteiger partial charge in [-0.3, -0.25) is 4.79 Å². The summed E-state index contributed by atoms with van der Waals surface area (Å²) >= 11 is 0. The maximum Gasteiger partial charge on any atom is 0.305 e. The summed E-state index contributed by atoms with van der Waals surface area (Å²) in [4.78, 5) is 13.4. The van der Waals surface area contributed by atoms with E-state index in [0.717, 1.165) is 32.5 Å². The normalized spacial score (nSPS) is 21.9. The molecule has 88 valence electrons. The second kappa shape index (κ2) is 6.80. The minimum Gasteiger partial charge on any atom is -0.466 e. The van der Waals surface area contributed by atoms with Crippen molar-refractivity contribution in [2.75, 3.05) is 32.8 Å². The minimum absolute atomic E-state index is 0.101. The third-order valence-electron chi connectivity index (χ3n) is 2.79. The van der Waals surface area contributed by atoms with Crippen LogP contribution in [0.2, 0.25) is 0 Å². The highest BCUT2D eigenvalue weighted by Crippen LogP contribution is 2.15. The molecule has 0 aliphatic carbocycles. The Morgan fingerprint density at radius 2 is 2.40 bits per heavy atom. The van der Waals surface area contributed by atoms with Gasteiger partial charge in [0, 0.05) is 19.6 Å². The number of aliphatic hydroxyl groups excluding tert-OH is 1. The lowest BCUT2D eigenvalue weighted by molar-refractivity contribution is -0.143. The van der Waals surface area contributed by atoms with Crippen molar-refractivity contribution in [2.24, 2.45) is 5.92 Å². The summed E-state index contributed by atoms with van der Waals surface area (Å²) in [5.41, 5.74) is 0. The van der Waals surface area contributed by atoms with Crippen LogP contribution >= 0.6 is 0 Å². The van der Waals surface area contributed by atoms with E-state index in [1.165, 1.54) is 0 Å². The van der Waals surface area contributed by atoms with Gasteiger partial charge in [-0.15, -0.1) is 0 Å². The predicted octanol–water partition coefficient (Wildman–Crippen LogP) is 0.644. The van der Waals surface area contributed by atoms with Gasteiger partial charge in [0.25, 0.3) is 0 Å². The van der Waals surface area contributed by atoms with Crippen molar-refractivity contribution in [3.8, 4) is 0 Å². The van der Waals surface area contributed by atoms with Crippen molar-refractivity contribution in [3.05, 3.63) is 0 Å². The summed E-state index contributed by atoms with van der Waals surface area (Å²) in [7, 11) is 0. The van der Waals surface area contributed by atoms with E-state index in [4.69, 9.17) is 9.84 Å². The second-order valence-corrected chi connectivity index (χ2v) is 4.05. The molecular formula is C11H21NO3. The van der Waals surface area contributed by atoms with E-state index in [9.17, 15) is 4.79 Å². The maximum atomic E-state index is 11.1. The van der Waals surface area contributed by atoms with Crippen molar-refractivity contribution >= 4 is 5.97 Å². The standard InChI is InChI=1S/C11H21NO3/c1-2-15-11(14)4-3-6-12-7-5-10(8-12)9-13/h10,13H,2-9H2,1H3. The number of likely N-dealkylation sites (tertiary alicyclic amines) is 1. The first-order chi connectivity index (χ1) is 7.26. The SMILES string of the molecule is CCOC(=O)CCCN1CCC(CO)C1. The van der Waals surface area contributed by atoms with E-state index in [1.54, 1.807) is 0 Å². The first-order valence-electron chi connectivity index (χ1n) is 5.75. The fraction of sp³-hybridized carbons (Fsp3) is 0.909. The minimum atomic E-state index is -0.101. The van der Waals surface area contributed by atoms with Crippen LogP contribution in [-0.2, 0) is 9.53 Å². The predicted molar refractivity (Wildman–Crippen MR) is 57.5 cm³/mol. The number of carbonyl (C=O) groups excluding carboxylic acids is 1. The molecule has 1 saturated heterocycles. The second-order valence-electron chi connectivity index (χ2n) is 4.05. The number of hydrogen-bond acceptors (Lipinski definition) is 4. The summed E-state index contributed by atoms with van der Waals surface area (Å²) in [6.45, 7) is 5.54. The van der Waals surface area contributed by atoms with Crippen molar-refractivity contribution in [2.45, 2.75) is 26.2 Å². The summed E-state index contributed by atoms with van der Waals surface area (Å²) in [5, 5.41) is 8.97. The maximum absolute atomic E-state index is 11.1. The van der Waals surface area contributed by atoms with Crippen LogP contribution in [0.25, 0.3) is 0 Å². The van der Waals surface area contributed by atoms with Crippen LogP contribution in [0.1, 0.15) is 26.2 Å². The van der Waals surface area contributed by atoms with Gasteiger partial charge in [-0.1, -0.05) is 0 Å². The first-order valence-corrected chi connectivity index (χ1v) is 5.75. The molecule has 0 amide bonds. The lowest BCUT2D eigenvalue weighted by Crippen LogP contribution is -2.23. The highest BCUT2D eigenvalue weighted by atomic mass is 16.5. The van der Waals surface area contributed by atoms with Gasteiger partial charge < -0.3 is 14.7 Å². The molecule has 15 heavy (non-hydrogen) atoms. The fourth-order valence-electron chi connectivity index (χ4n) is 1.95. The van der Waals surface area contributed by atoms with Crippen LogP contribution in [0.15, 0.2) is 0 Å². The quantitative estimate of drug-likeness (QED) is 0.661. The fourth-order valence-corrected chi connectivity index (χ4v) is 1.95. The third-order valence-corrected chi connectivity index (χ3v) is 2.79. The van der Waals surface area contributed by atoms with Crippen LogP contribution in [0.3, 0.4) is 0 Å². The Morgan fingerprint density at radius 3 is 3.00 bits per heavy atom. The molecule has 1 aliphatic heterocycles. The molecule has 0 saturated carbocycles. The van der Waals surface area contributed by atoms with Crippen molar-refractivity contribution in [1.29, 1.82) is 0 Å². The molecule has 0 aromatic heterocycles. The number of esters is 1. The number of rotatable bonds is 6. The molecule has 1 fully saturated rings. The zero-order valence-electron chi connectivity index (χ0n) is 9.45. The average molecular weight is 215 g/mol. The Labute approximate surface area is 91.2 Å². The van der Waals surface area contributed by atoms with Crippen LogP contribution in [0.5, 0.6) is 0 Å². The van der Waals surface area contributed by atoms with Gasteiger partial charge in [0.2, 0.25) is 0 Å². The molecule has 1 rings (SSSR count). The zero-order chi connectivity index (χ0) is 11.1. The van der Waals surface area contributed by atoms with E-state index < -0.39 is 0 Å². The molecule has 4 nitrogen and oxygen atoms in total. The Balaban J connectivity index is 2.03. The summed E-state index contributed by atoms with van der Waals surface area (Å²) in [6.07, 6.45) is 2.45. The summed E-state index contributed by atoms with van der Waals surface area (Å²) in [6, 6.07) is 0. The number of carbonyl (C=O) groups is 1. The van der Waals surface area contributed by atoms with E-state index in [2.05, 4.69) is 4.90 Å². The number of hydrogen-bond donors (Lipinski definition) is 1. The molecule has 0 spiro atoms. The third kappa shape index (κ3) is 4.62. The molecule has 4 heteroatoms. The molecular weight excluding hydrogens is 194 g/mol. The van der Waals surface area contributed by atoms with Crippen molar-refractivity contribution in [1.82, 2.24) is 4.90 Å². The van der Waals surface area contributed by atoms with Gasteiger partial charge in [0.1, 0.15) is 0 Å². The Morgan fingerprint density at radius 1 is 1.60 bits per heavy atom. The van der Waals surface area contributed by atoms with E-state index in [0.29, 0.717) is 18.9 Å². The number of aliphatic hydroxyl groups is 1. The lowest BCUT2D eigenvalue weighted by atomic mass is 10.1. The Kier molecular flexibility index (Phi) is 5.65. The first kappa shape index (κ1) is 12.5. The summed E-state index contributed by atoms with van der Waals surface area (Å²) < 4.78 is 4.85. The smallest absolute Gasteiger partial charge is 0.305 e. The van der Waals surface area contributed by atoms with Crippen LogP contribution in [0, 0.1) is 5.92 Å². The highest BCUT2D eigenvalue weighted by molar-refractivity contribution is 5.69. The van der Waals surface area contributed by atoms with Gasteiger partial charge in [-0.2, -0.15) is 0 Å². The van der Waals surface area contributed by atoms with Crippen LogP contribution in [-0.4, -0.2) is 48.8 Å². The number of nitrogens with zero attached hydrogens (tertiary/aromatic N) is 1. The number of ether oxygens (including phenoxy) is 1. The summed E-state index contributed by atoms with van der Waals surface area (Å²) in [5.74, 6) is 0.336. The Hall–Kier alpha value is -0.610. The largest absolute Gasteiger partial charge is 0.466 e. The highest BCUT2D eigenvalue weighted by Gasteiger charge is 2.21. The molecule has 1 atom stereocenters. The molecule has 0 bridgehead atoms. The van der Waals surface area contributed by atoms with Crippen molar-refractivity contribution < 1.29 is 14.6 Å². The van der Waals surface area contributed by atoms with E-state index >= 15 is 0 Å². The van der Waals surface area contributed by atoms with Gasteiger partial charge in [0.15, 0.2) is 0 Å². The molecule has 1 N–H and O–H groups in total. The molecule has 1 aliphatic rings.